The number of amides is 2. The quantitative estimate of drug-likeness (QED) is 0.396. The van der Waals surface area contributed by atoms with Crippen LogP contribution in [0.5, 0.6) is 0 Å². The van der Waals surface area contributed by atoms with Crippen molar-refractivity contribution >= 4 is 44.7 Å². The predicted molar refractivity (Wildman–Crippen MR) is 125 cm³/mol. The number of aromatic nitrogens is 4. The van der Waals surface area contributed by atoms with E-state index in [1.807, 2.05) is 24.3 Å². The molecule has 0 saturated carbocycles. The Morgan fingerprint density at radius 3 is 2.94 bits per heavy atom. The molecule has 2 amide bonds. The zero-order chi connectivity index (χ0) is 22.5. The third kappa shape index (κ3) is 5.38. The van der Waals surface area contributed by atoms with E-state index >= 15 is 0 Å². The summed E-state index contributed by atoms with van der Waals surface area (Å²) in [6, 6.07) is 7.79. The van der Waals surface area contributed by atoms with Crippen molar-refractivity contribution in [3.05, 3.63) is 52.3 Å². The van der Waals surface area contributed by atoms with Gasteiger partial charge >= 0.3 is 182 Å². The third-order valence-electron chi connectivity index (χ3n) is 5.18. The topological polar surface area (TPSA) is 122 Å². The van der Waals surface area contributed by atoms with Gasteiger partial charge in [-0.3, -0.25) is 0 Å². The van der Waals surface area contributed by atoms with E-state index in [2.05, 4.69) is 35.5 Å². The molecule has 0 aliphatic carbocycles. The maximum atomic E-state index is 12.8. The van der Waals surface area contributed by atoms with Crippen LogP contribution in [0.2, 0.25) is 0 Å². The van der Waals surface area contributed by atoms with Crippen LogP contribution >= 0.6 is 11.5 Å². The number of nitrogens with one attached hydrogen (secondary N) is 3. The van der Waals surface area contributed by atoms with E-state index in [0.29, 0.717) is 33.0 Å². The second kappa shape index (κ2) is 10.3. The van der Waals surface area contributed by atoms with Crippen LogP contribution in [0.25, 0.3) is 11.3 Å². The molecule has 32 heavy (non-hydrogen) atoms. The molecule has 1 aliphatic heterocycles. The Balaban J connectivity index is 1.47. The van der Waals surface area contributed by atoms with Crippen LogP contribution in [-0.2, 0) is 6.54 Å². The van der Waals surface area contributed by atoms with E-state index in [-0.39, 0.29) is 17.9 Å². The SMILES string of the molecule is Cc1nnsc1C(=O)NCc1cccc(-c2cnc([AsH2])c(C(=O)N[C@H]3CCCNC3)n2)c1. The summed E-state index contributed by atoms with van der Waals surface area (Å²) in [6.07, 6.45) is 3.68. The third-order valence-corrected chi connectivity index (χ3v) is 6.89. The molecule has 1 aromatic carbocycles. The number of hydrogen-bond acceptors (Lipinski definition) is 8. The fourth-order valence-corrected chi connectivity index (χ4v) is 4.62. The van der Waals surface area contributed by atoms with E-state index in [9.17, 15) is 9.59 Å². The Labute approximate surface area is 198 Å². The normalized spacial score (nSPS) is 15.9. The summed E-state index contributed by atoms with van der Waals surface area (Å²) >= 11 is 2.34. The van der Waals surface area contributed by atoms with Crippen molar-refractivity contribution < 1.29 is 9.59 Å². The Hall–Kier alpha value is -2.68. The summed E-state index contributed by atoms with van der Waals surface area (Å²) in [5.74, 6) is -0.388. The first-order valence-electron chi connectivity index (χ1n) is 10.3. The fourth-order valence-electron chi connectivity index (χ4n) is 3.48. The second-order valence-corrected chi connectivity index (χ2v) is 9.48. The van der Waals surface area contributed by atoms with Crippen LogP contribution in [0.3, 0.4) is 0 Å². The van der Waals surface area contributed by atoms with E-state index in [1.54, 1.807) is 13.1 Å². The van der Waals surface area contributed by atoms with Gasteiger partial charge in [0, 0.05) is 0 Å². The molecule has 3 heterocycles. The molecule has 2 aromatic heterocycles. The Morgan fingerprint density at radius 2 is 2.19 bits per heavy atom. The van der Waals surface area contributed by atoms with Crippen LogP contribution in [0, 0.1) is 6.92 Å². The van der Waals surface area contributed by atoms with Gasteiger partial charge in [-0.1, -0.05) is 4.49 Å². The predicted octanol–water partition coefficient (Wildman–Crippen LogP) is -0.0263. The van der Waals surface area contributed by atoms with Gasteiger partial charge in [-0.25, -0.2) is 0 Å². The van der Waals surface area contributed by atoms with Crippen LogP contribution in [0.4, 0.5) is 0 Å². The number of rotatable bonds is 6. The summed E-state index contributed by atoms with van der Waals surface area (Å²) in [6.45, 7) is 3.87. The van der Waals surface area contributed by atoms with Gasteiger partial charge in [0.2, 0.25) is 0 Å². The van der Waals surface area contributed by atoms with Crippen molar-refractivity contribution in [2.75, 3.05) is 13.1 Å². The van der Waals surface area contributed by atoms with Gasteiger partial charge in [-0.05, 0) is 6.92 Å². The molecular formula is C21H24AsN7O2S. The van der Waals surface area contributed by atoms with E-state index in [0.717, 1.165) is 48.6 Å². The number of hydrogen-bond donors (Lipinski definition) is 3. The van der Waals surface area contributed by atoms with E-state index < -0.39 is 0 Å². The van der Waals surface area contributed by atoms with Gasteiger partial charge in [0.05, 0.1) is 0 Å². The number of nitrogens with zero attached hydrogens (tertiary/aromatic N) is 4. The van der Waals surface area contributed by atoms with Gasteiger partial charge in [0.15, 0.2) is 0 Å². The number of piperidine rings is 1. The van der Waals surface area contributed by atoms with Crippen LogP contribution in [0.1, 0.15) is 44.3 Å². The molecular weight excluding hydrogens is 489 g/mol. The molecule has 1 saturated heterocycles. The average molecular weight is 513 g/mol. The van der Waals surface area contributed by atoms with E-state index in [1.165, 1.54) is 16.9 Å². The molecule has 11 heteroatoms. The standard InChI is InChI=1S/C21H24AsN7O2S/c1-12-18(32-29-28-12)21(31)25-9-13-4-2-5-14(8-13)16-11-24-19(22)17(27-16)20(30)26-15-6-3-7-23-10-15/h2,4-5,8,11,15,23H,3,6-7,9-10,22H2,1H3,(H,25,31)(H,26,30)/t15-/m0/s1. The first kappa shape index (κ1) is 22.5. The Kier molecular flexibility index (Phi) is 7.24. The van der Waals surface area contributed by atoms with Gasteiger partial charge in [0.1, 0.15) is 0 Å². The summed E-state index contributed by atoms with van der Waals surface area (Å²) in [7, 11) is 0. The van der Waals surface area contributed by atoms with Gasteiger partial charge in [-0.15, -0.1) is 5.10 Å². The van der Waals surface area contributed by atoms with Crippen molar-refractivity contribution in [1.82, 2.24) is 35.5 Å². The maximum absolute atomic E-state index is 12.8. The zero-order valence-corrected chi connectivity index (χ0v) is 20.8. The molecule has 1 fully saturated rings. The zero-order valence-electron chi connectivity index (χ0n) is 17.6. The molecule has 4 rings (SSSR count). The van der Waals surface area contributed by atoms with Gasteiger partial charge < -0.3 is 0 Å². The van der Waals surface area contributed by atoms with Crippen molar-refractivity contribution in [3.8, 4) is 11.3 Å². The van der Waals surface area contributed by atoms with E-state index in [4.69, 9.17) is 0 Å². The minimum atomic E-state index is -0.198. The fraction of sp³-hybridized carbons (Fsp3) is 0.333. The number of carbonyl (C=O) groups is 2. The molecule has 3 N–H and O–H groups in total. The van der Waals surface area contributed by atoms with Crippen LogP contribution in [-0.4, -0.2) is 67.4 Å². The van der Waals surface area contributed by atoms with Gasteiger partial charge in [-0.2, -0.15) is 0 Å². The van der Waals surface area contributed by atoms with Crippen molar-refractivity contribution in [2.24, 2.45) is 0 Å². The molecule has 2 atom stereocenters. The van der Waals surface area contributed by atoms with Crippen LogP contribution < -0.4 is 20.4 Å². The minimum absolute atomic E-state index is 0.109. The molecule has 1 unspecified atom stereocenters. The molecule has 1 aliphatic rings. The van der Waals surface area contributed by atoms with Crippen molar-refractivity contribution in [1.29, 1.82) is 0 Å². The number of carbonyl (C=O) groups excluding carboxylic acids is 2. The van der Waals surface area contributed by atoms with Crippen LogP contribution in [0.15, 0.2) is 30.5 Å². The first-order valence-corrected chi connectivity index (χ1v) is 12.3. The Morgan fingerprint density at radius 1 is 1.31 bits per heavy atom. The molecule has 0 radical (unpaired) electrons. The molecule has 9 nitrogen and oxygen atoms in total. The summed E-state index contributed by atoms with van der Waals surface area (Å²) < 4.78 is 4.45. The summed E-state index contributed by atoms with van der Waals surface area (Å²) in [5.41, 5.74) is 3.35. The molecule has 3 aromatic rings. The monoisotopic (exact) mass is 513 g/mol. The molecule has 0 bridgehead atoms. The van der Waals surface area contributed by atoms with Gasteiger partial charge in [0.25, 0.3) is 0 Å². The first-order chi connectivity index (χ1) is 15.5. The molecule has 166 valence electrons. The van der Waals surface area contributed by atoms with Crippen molar-refractivity contribution in [2.45, 2.75) is 32.4 Å². The summed E-state index contributed by atoms with van der Waals surface area (Å²) in [5, 5.41) is 13.1. The molecule has 0 spiro atoms. The number of benzene rings is 1. The summed E-state index contributed by atoms with van der Waals surface area (Å²) in [4.78, 5) is 34.7. The van der Waals surface area contributed by atoms with Crippen molar-refractivity contribution in [3.63, 3.8) is 0 Å². The Bertz CT molecular complexity index is 1130. The second-order valence-electron chi connectivity index (χ2n) is 7.58. The average Bonchev–Trinajstić information content (AvgIpc) is 3.24. The number of aryl methyl sites for hydroxylation is 1.